The predicted molar refractivity (Wildman–Crippen MR) is 322 cm³/mol. The van der Waals surface area contributed by atoms with E-state index < -0.39 is 130 Å². The lowest BCUT2D eigenvalue weighted by Gasteiger charge is -2.47. The molecule has 0 fully saturated rings. The van der Waals surface area contributed by atoms with Crippen LogP contribution in [0.25, 0.3) is 0 Å². The Balaban J connectivity index is 0.00000154. The first kappa shape index (κ1) is 85.8. The Hall–Kier alpha value is -5.38. The van der Waals surface area contributed by atoms with Gasteiger partial charge in [-0.25, -0.2) is 0 Å². The Labute approximate surface area is 552 Å². The van der Waals surface area contributed by atoms with Gasteiger partial charge in [-0.05, 0) is 93.5 Å². The Morgan fingerprint density at radius 3 is 0.866 bits per heavy atom. The van der Waals surface area contributed by atoms with E-state index in [1.165, 1.54) is 0 Å². The zero-order valence-electron chi connectivity index (χ0n) is 54.7. The van der Waals surface area contributed by atoms with Crippen molar-refractivity contribution in [3.63, 3.8) is 0 Å². The van der Waals surface area contributed by atoms with Crippen LogP contribution in [-0.2, 0) is 49.4 Å². The molecule has 97 heavy (non-hydrogen) atoms. The summed E-state index contributed by atoms with van der Waals surface area (Å²) in [4.78, 5) is 0. The molecule has 4 aromatic carbocycles. The highest BCUT2D eigenvalue weighted by atomic mass is 19.4. The molecule has 0 heterocycles. The van der Waals surface area contributed by atoms with E-state index in [1.807, 2.05) is 20.8 Å². The molecule has 0 bridgehead atoms. The number of hydrogen-bond acceptors (Lipinski definition) is 3. The molecule has 29 heteroatoms. The zero-order chi connectivity index (χ0) is 73.1. The minimum atomic E-state index is -5.66. The summed E-state index contributed by atoms with van der Waals surface area (Å²) >= 11 is 0. The van der Waals surface area contributed by atoms with E-state index >= 15 is 26.3 Å². The Kier molecular flexibility index (Phi) is 34.5. The van der Waals surface area contributed by atoms with Crippen LogP contribution in [-0.4, -0.2) is 31.4 Å². The van der Waals surface area contributed by atoms with Crippen LogP contribution in [0.5, 0.6) is 17.2 Å². The van der Waals surface area contributed by atoms with Gasteiger partial charge in [0.25, 0.3) is 0 Å². The van der Waals surface area contributed by atoms with Gasteiger partial charge in [0.2, 0.25) is 0 Å². The Morgan fingerprint density at radius 1 is 0.309 bits per heavy atom. The summed E-state index contributed by atoms with van der Waals surface area (Å²) in [5.41, 5.74) is -15.8. The zero-order valence-corrected chi connectivity index (χ0v) is 54.7. The predicted octanol–water partition coefficient (Wildman–Crippen LogP) is 26.7. The second-order valence-electron chi connectivity index (χ2n) is 24.4. The summed E-state index contributed by atoms with van der Waals surface area (Å²) in [6.07, 6.45) is -23.1. The molecular weight excluding hydrogens is 1350 g/mol. The van der Waals surface area contributed by atoms with Crippen molar-refractivity contribution in [3.05, 3.63) is 123 Å². The van der Waals surface area contributed by atoms with Crippen LogP contribution in [0.3, 0.4) is 0 Å². The van der Waals surface area contributed by atoms with Gasteiger partial charge in [-0.15, -0.1) is 6.07 Å². The average molecular weight is 1430 g/mol. The first-order chi connectivity index (χ1) is 45.0. The van der Waals surface area contributed by atoms with Crippen LogP contribution in [0.2, 0.25) is 0 Å². The van der Waals surface area contributed by atoms with Gasteiger partial charge in [-0.2, -0.15) is 124 Å². The lowest BCUT2D eigenvalue weighted by molar-refractivity contribution is -0.958. The van der Waals surface area contributed by atoms with Gasteiger partial charge in [0.1, 0.15) is 23.3 Å². The third-order valence-corrected chi connectivity index (χ3v) is 16.5. The average Bonchev–Trinajstić information content (AvgIpc) is 0.769. The summed E-state index contributed by atoms with van der Waals surface area (Å²) in [7, 11) is -3.28. The third kappa shape index (κ3) is 30.6. The van der Waals surface area contributed by atoms with Crippen molar-refractivity contribution in [1.82, 2.24) is 0 Å². The van der Waals surface area contributed by atoms with Crippen molar-refractivity contribution in [1.29, 1.82) is 0 Å². The SMILES string of the molecule is CCCCCCCCCCCC(c1c(OB(Oc2cc(C(F)(F)F)cc(C(F)(F)F)c2)Oc2cc(C(F)(F)F)cc(C(F)(F)F)c2)cc(C(F)(F)F)cc1C(F)(F)F)[N+](CCCCCCCC)(CCCCCCCC)CCCCCCCC.FC(F)(F)c1c[c-]cc(C(F)(F)F)c1. The fourth-order valence-electron chi connectivity index (χ4n) is 11.4. The van der Waals surface area contributed by atoms with Gasteiger partial charge < -0.3 is 18.4 Å². The molecule has 0 saturated heterocycles. The molecule has 1 atom stereocenters. The molecule has 4 rings (SSSR count). The summed E-state index contributed by atoms with van der Waals surface area (Å²) in [5.74, 6) is -4.47. The van der Waals surface area contributed by atoms with E-state index in [-0.39, 0.29) is 91.6 Å². The highest BCUT2D eigenvalue weighted by molar-refractivity contribution is 6.39. The van der Waals surface area contributed by atoms with Gasteiger partial charge in [0.15, 0.2) is 0 Å². The molecule has 0 amide bonds. The van der Waals surface area contributed by atoms with Crippen molar-refractivity contribution in [2.75, 3.05) is 19.6 Å². The molecule has 0 N–H and O–H groups in total. The maximum Gasteiger partial charge on any atom is 0.864 e. The van der Waals surface area contributed by atoms with Crippen LogP contribution in [0.15, 0.2) is 66.7 Å². The van der Waals surface area contributed by atoms with Crippen LogP contribution in [0.4, 0.5) is 105 Å². The molecule has 0 aliphatic carbocycles. The van der Waals surface area contributed by atoms with E-state index in [0.29, 0.717) is 63.5 Å². The molecule has 0 aromatic heterocycles. The minimum Gasteiger partial charge on any atom is -0.490 e. The van der Waals surface area contributed by atoms with Crippen molar-refractivity contribution >= 4 is 7.32 Å². The highest BCUT2D eigenvalue weighted by Crippen LogP contribution is 2.50. The van der Waals surface area contributed by atoms with Crippen LogP contribution >= 0.6 is 0 Å². The number of hydrogen-bond donors (Lipinski definition) is 0. The normalized spacial score (nSPS) is 13.4. The largest absolute Gasteiger partial charge is 0.864 e. The Bertz CT molecular complexity index is 2680. The quantitative estimate of drug-likeness (QED) is 0.0147. The first-order valence-electron chi connectivity index (χ1n) is 32.9. The minimum absolute atomic E-state index is 0.0521. The summed E-state index contributed by atoms with van der Waals surface area (Å²) in [6.45, 7) is 8.73. The highest BCUT2D eigenvalue weighted by Gasteiger charge is 2.49. The van der Waals surface area contributed by atoms with Gasteiger partial charge >= 0.3 is 56.7 Å². The van der Waals surface area contributed by atoms with Gasteiger partial charge in [-0.3, -0.25) is 0 Å². The Morgan fingerprint density at radius 2 is 0.577 bits per heavy atom. The second-order valence-corrected chi connectivity index (χ2v) is 24.4. The molecule has 4 aromatic rings. The first-order valence-corrected chi connectivity index (χ1v) is 32.9. The maximum absolute atomic E-state index is 16.2. The molecule has 0 spiro atoms. The summed E-state index contributed by atoms with van der Waals surface area (Å²) in [5, 5.41) is 0. The van der Waals surface area contributed by atoms with Gasteiger partial charge in [0, 0.05) is 6.42 Å². The number of nitrogens with zero attached hydrogens (tertiary/aromatic N) is 1. The van der Waals surface area contributed by atoms with E-state index in [4.69, 9.17) is 14.0 Å². The maximum atomic E-state index is 16.2. The van der Waals surface area contributed by atoms with E-state index in [2.05, 4.69) is 6.92 Å². The number of quaternary nitrogens is 1. The van der Waals surface area contributed by atoms with Gasteiger partial charge in [0.05, 0.1) is 58.6 Å². The lowest BCUT2D eigenvalue weighted by Crippen LogP contribution is -2.53. The monoisotopic (exact) mass is 1430 g/mol. The van der Waals surface area contributed by atoms with Gasteiger partial charge in [-0.1, -0.05) is 167 Å². The molecular formula is C68H86BF24NO3. The molecule has 0 radical (unpaired) electrons. The molecule has 0 aliphatic rings. The molecule has 552 valence electrons. The van der Waals surface area contributed by atoms with Crippen LogP contribution in [0, 0.1) is 6.07 Å². The van der Waals surface area contributed by atoms with E-state index in [9.17, 15) is 79.0 Å². The fourth-order valence-corrected chi connectivity index (χ4v) is 11.4. The molecule has 0 saturated carbocycles. The topological polar surface area (TPSA) is 27.7 Å². The smallest absolute Gasteiger partial charge is 0.490 e. The summed E-state index contributed by atoms with van der Waals surface area (Å²) in [6, 6.07) is 0.268. The molecule has 1 unspecified atom stereocenters. The van der Waals surface area contributed by atoms with Crippen LogP contribution < -0.4 is 14.0 Å². The fraction of sp³-hybridized carbons (Fsp3) is 0.647. The van der Waals surface area contributed by atoms with Crippen LogP contribution in [0.1, 0.15) is 264 Å². The van der Waals surface area contributed by atoms with Crippen molar-refractivity contribution in [3.8, 4) is 17.2 Å². The lowest BCUT2D eigenvalue weighted by atomic mass is 9.87. The standard InChI is InChI=1S/C60H83BF18NO3.C8H3F6/c1-5-9-13-17-21-22-23-24-28-32-52(80(33-29-25-18-14-10-6-2,34-30-26-19-15-11-7-3)35-31-27-20-16-12-8-4)54-51(60(77,78)79)42-48(59(74,75)76)43-53(54)83-61(81-49-38-44(55(62,63)64)36-45(39-49)56(65,66)67)82-50-40-46(57(68,69)70)37-47(41-50)58(71,72)73;9-7(10,11)5-2-1-3-6(4-5)8(12,13)14/h36-43,52H,5-35H2,1-4H3;2-4H/q+1;-1. The van der Waals surface area contributed by atoms with E-state index in [1.54, 1.807) is 6.07 Å². The molecule has 0 aliphatic heterocycles. The number of halogens is 24. The van der Waals surface area contributed by atoms with Crippen molar-refractivity contribution in [2.24, 2.45) is 0 Å². The van der Waals surface area contributed by atoms with Crippen molar-refractivity contribution < 1.29 is 124 Å². The number of benzene rings is 4. The number of unbranched alkanes of at least 4 members (excludes halogenated alkanes) is 23. The molecule has 4 nitrogen and oxygen atoms in total. The third-order valence-electron chi connectivity index (χ3n) is 16.5. The van der Waals surface area contributed by atoms with Crippen molar-refractivity contribution in [2.45, 2.75) is 263 Å². The summed E-state index contributed by atoms with van der Waals surface area (Å²) < 4.78 is 353. The number of alkyl halides is 24. The second kappa shape index (κ2) is 39.0. The number of rotatable bonds is 39. The van der Waals surface area contributed by atoms with E-state index in [0.717, 1.165) is 116 Å².